The smallest absolute Gasteiger partial charge is 0.319 e. The van der Waals surface area contributed by atoms with Gasteiger partial charge in [-0.3, -0.25) is 14.5 Å². The fourth-order valence-electron chi connectivity index (χ4n) is 9.81. The SMILES string of the molecule is C#Cc1c(F)ccc2cc(O)cc(-c3c(F)c4nc(OC[C@@]56CCCN5C[C@H](F)C6)nc(N5C[C@H]6CC[C@@H](C5)N6CCOCCOC)c4c4cn(C)nc34)c12. The van der Waals surface area contributed by atoms with Crippen molar-refractivity contribution in [2.24, 2.45) is 7.05 Å². The third kappa shape index (κ3) is 6.12. The number of methoxy groups -OCH3 is 1. The third-order valence-electron chi connectivity index (χ3n) is 12.2. The van der Waals surface area contributed by atoms with Gasteiger partial charge in [0, 0.05) is 81.4 Å². The fraction of sp³-hybridized carbons (Fsp3) is 0.488. The molecule has 0 spiro atoms. The van der Waals surface area contributed by atoms with E-state index in [4.69, 9.17) is 35.7 Å². The highest BCUT2D eigenvalue weighted by Gasteiger charge is 2.49. The first-order valence-corrected chi connectivity index (χ1v) is 19.1. The molecule has 1 N–H and O–H groups in total. The predicted octanol–water partition coefficient (Wildman–Crippen LogP) is 5.57. The second-order valence-corrected chi connectivity index (χ2v) is 15.5. The van der Waals surface area contributed by atoms with Gasteiger partial charge in [0.05, 0.1) is 36.3 Å². The molecule has 6 heterocycles. The molecule has 4 atom stereocenters. The van der Waals surface area contributed by atoms with Crippen LogP contribution < -0.4 is 9.64 Å². The molecule has 0 aliphatic carbocycles. The number of phenols is 1. The summed E-state index contributed by atoms with van der Waals surface area (Å²) < 4.78 is 66.7. The van der Waals surface area contributed by atoms with Gasteiger partial charge in [0.25, 0.3) is 0 Å². The Morgan fingerprint density at radius 3 is 2.64 bits per heavy atom. The van der Waals surface area contributed by atoms with Gasteiger partial charge in [-0.2, -0.15) is 15.1 Å². The number of phenolic OH excluding ortho intramolecular Hbond substituents is 1. The zero-order chi connectivity index (χ0) is 38.0. The maximum atomic E-state index is 17.7. The summed E-state index contributed by atoms with van der Waals surface area (Å²) in [6, 6.07) is 6.05. The quantitative estimate of drug-likeness (QED) is 0.136. The van der Waals surface area contributed by atoms with Gasteiger partial charge in [0.1, 0.15) is 41.2 Å². The molecule has 0 amide bonds. The Morgan fingerprint density at radius 1 is 1.04 bits per heavy atom. The number of rotatable bonds is 11. The van der Waals surface area contributed by atoms with Crippen LogP contribution in [0.25, 0.3) is 43.7 Å². The maximum Gasteiger partial charge on any atom is 0.319 e. The van der Waals surface area contributed by atoms with Gasteiger partial charge in [-0.1, -0.05) is 12.0 Å². The topological polar surface area (TPSA) is 101 Å². The van der Waals surface area contributed by atoms with E-state index >= 15 is 8.78 Å². The van der Waals surface area contributed by atoms with Crippen LogP contribution in [0.3, 0.4) is 0 Å². The van der Waals surface area contributed by atoms with E-state index in [1.165, 1.54) is 24.3 Å². The minimum Gasteiger partial charge on any atom is -0.508 e. The lowest BCUT2D eigenvalue weighted by molar-refractivity contribution is 0.0453. The summed E-state index contributed by atoms with van der Waals surface area (Å²) in [5, 5.41) is 17.4. The highest BCUT2D eigenvalue weighted by atomic mass is 19.1. The molecule has 5 aromatic rings. The van der Waals surface area contributed by atoms with Gasteiger partial charge in [-0.05, 0) is 61.4 Å². The van der Waals surface area contributed by atoms with Gasteiger partial charge in [-0.25, -0.2) is 13.2 Å². The van der Waals surface area contributed by atoms with Gasteiger partial charge < -0.3 is 24.2 Å². The molecule has 4 aliphatic heterocycles. The number of hydrogen-bond acceptors (Lipinski definition) is 10. The Bertz CT molecular complexity index is 2340. The Balaban J connectivity index is 1.20. The molecule has 288 valence electrons. The molecule has 2 bridgehead atoms. The van der Waals surface area contributed by atoms with E-state index in [-0.39, 0.29) is 58.0 Å². The number of piperazine rings is 1. The van der Waals surface area contributed by atoms with Crippen LogP contribution in [0.5, 0.6) is 11.8 Å². The predicted molar refractivity (Wildman–Crippen MR) is 203 cm³/mol. The number of benzene rings is 3. The highest BCUT2D eigenvalue weighted by molar-refractivity contribution is 6.18. The lowest BCUT2D eigenvalue weighted by atomic mass is 9.91. The molecular weight excluding hydrogens is 711 g/mol. The molecule has 4 saturated heterocycles. The van der Waals surface area contributed by atoms with Crippen LogP contribution in [0.4, 0.5) is 19.0 Å². The molecule has 4 fully saturated rings. The number of nitrogens with zero attached hydrogens (tertiary/aromatic N) is 7. The number of anilines is 1. The van der Waals surface area contributed by atoms with Crippen LogP contribution in [-0.4, -0.2) is 125 Å². The Kier molecular flexibility index (Phi) is 9.24. The van der Waals surface area contributed by atoms with Crippen molar-refractivity contribution < 1.29 is 32.5 Å². The Hall–Kier alpha value is -4.68. The first-order chi connectivity index (χ1) is 26.7. The Morgan fingerprint density at radius 2 is 1.85 bits per heavy atom. The lowest BCUT2D eigenvalue weighted by Crippen LogP contribution is -2.54. The number of fused-ring (bicyclic) bond motifs is 7. The molecule has 3 aromatic carbocycles. The zero-order valence-corrected chi connectivity index (χ0v) is 31.0. The number of aryl methyl sites for hydroxylation is 1. The molecule has 14 heteroatoms. The number of aromatic hydroxyl groups is 1. The molecule has 0 radical (unpaired) electrons. The van der Waals surface area contributed by atoms with Gasteiger partial charge >= 0.3 is 6.01 Å². The average Bonchev–Trinajstić information content (AvgIpc) is 3.88. The van der Waals surface area contributed by atoms with Crippen LogP contribution in [0, 0.1) is 24.0 Å². The van der Waals surface area contributed by atoms with Crippen molar-refractivity contribution in [1.82, 2.24) is 29.5 Å². The monoisotopic (exact) mass is 755 g/mol. The van der Waals surface area contributed by atoms with Crippen LogP contribution in [0.2, 0.25) is 0 Å². The molecule has 9 rings (SSSR count). The second kappa shape index (κ2) is 14.1. The van der Waals surface area contributed by atoms with Crippen molar-refractivity contribution in [2.45, 2.75) is 55.9 Å². The van der Waals surface area contributed by atoms with Crippen molar-refractivity contribution >= 4 is 38.4 Å². The van der Waals surface area contributed by atoms with E-state index in [1.54, 1.807) is 25.0 Å². The summed E-state index contributed by atoms with van der Waals surface area (Å²) in [4.78, 5) is 16.7. The van der Waals surface area contributed by atoms with E-state index < -0.39 is 23.3 Å². The summed E-state index contributed by atoms with van der Waals surface area (Å²) in [6.07, 6.45) is 10.8. The summed E-state index contributed by atoms with van der Waals surface area (Å²) in [5.74, 6) is 1.46. The molecule has 11 nitrogen and oxygen atoms in total. The molecule has 4 aliphatic rings. The largest absolute Gasteiger partial charge is 0.508 e. The molecule has 2 aromatic heterocycles. The van der Waals surface area contributed by atoms with E-state index in [2.05, 4.69) is 20.6 Å². The van der Waals surface area contributed by atoms with Gasteiger partial charge in [0.15, 0.2) is 5.82 Å². The number of halogens is 3. The van der Waals surface area contributed by atoms with Crippen molar-refractivity contribution in [3.05, 3.63) is 47.7 Å². The summed E-state index contributed by atoms with van der Waals surface area (Å²) >= 11 is 0. The number of hydrogen-bond donors (Lipinski definition) is 1. The standard InChI is InChI=1S/C41H44F3N7O4/c1-4-29-32(43)9-6-24-16-28(52)17-30(33(24)29)34-36(44)38-35(31-22-48(2)47-37(31)34)39(46-40(45-38)55-23-41-10-5-11-50(41)19-25(42)18-41)49-20-26-7-8-27(21-49)51(26)12-13-54-15-14-53-3/h1,6,9,16-17,22,25-27,52H,5,7-8,10-15,18-21,23H2,2-3H3/t25-,26-,27+,41+/m1/s1. The van der Waals surface area contributed by atoms with E-state index in [0.29, 0.717) is 73.4 Å². The highest BCUT2D eigenvalue weighted by Crippen LogP contribution is 2.46. The summed E-state index contributed by atoms with van der Waals surface area (Å²) in [7, 11) is 3.41. The van der Waals surface area contributed by atoms with Crippen LogP contribution in [0.1, 0.15) is 37.7 Å². The van der Waals surface area contributed by atoms with E-state index in [1.807, 2.05) is 0 Å². The fourth-order valence-corrected chi connectivity index (χ4v) is 9.81. The molecule has 55 heavy (non-hydrogen) atoms. The van der Waals surface area contributed by atoms with Crippen molar-refractivity contribution in [3.8, 4) is 35.2 Å². The van der Waals surface area contributed by atoms with Gasteiger partial charge in [-0.15, -0.1) is 6.42 Å². The maximum absolute atomic E-state index is 17.7. The van der Waals surface area contributed by atoms with Crippen LogP contribution >= 0.6 is 0 Å². The average molecular weight is 756 g/mol. The number of alkyl halides is 1. The first kappa shape index (κ1) is 36.0. The van der Waals surface area contributed by atoms with Crippen molar-refractivity contribution in [2.75, 3.05) is 71.2 Å². The van der Waals surface area contributed by atoms with Crippen molar-refractivity contribution in [1.29, 1.82) is 0 Å². The summed E-state index contributed by atoms with van der Waals surface area (Å²) in [5.41, 5.74) is -0.0159. The molecular formula is C41H44F3N7O4. The Labute approximate surface area is 316 Å². The minimum absolute atomic E-state index is 0.00235. The molecule has 0 saturated carbocycles. The minimum atomic E-state index is -0.942. The number of terminal acetylenes is 1. The van der Waals surface area contributed by atoms with E-state index in [0.717, 1.165) is 38.8 Å². The van der Waals surface area contributed by atoms with E-state index in [9.17, 15) is 9.50 Å². The first-order valence-electron chi connectivity index (χ1n) is 19.1. The third-order valence-corrected chi connectivity index (χ3v) is 12.2. The number of ether oxygens (including phenoxy) is 3. The van der Waals surface area contributed by atoms with Crippen molar-refractivity contribution in [3.63, 3.8) is 0 Å². The zero-order valence-electron chi connectivity index (χ0n) is 31.0. The normalized spacial score (nSPS) is 24.1. The van der Waals surface area contributed by atoms with Crippen LogP contribution in [0.15, 0.2) is 30.5 Å². The lowest BCUT2D eigenvalue weighted by Gasteiger charge is -2.42. The molecule has 0 unspecified atom stereocenters. The summed E-state index contributed by atoms with van der Waals surface area (Å²) in [6.45, 7) is 5.11. The number of aromatic nitrogens is 4. The second-order valence-electron chi connectivity index (χ2n) is 15.5. The van der Waals surface area contributed by atoms with Crippen LogP contribution in [-0.2, 0) is 16.5 Å². The van der Waals surface area contributed by atoms with Gasteiger partial charge in [0.2, 0.25) is 0 Å².